The average Bonchev–Trinajstić information content (AvgIpc) is 3.21. The summed E-state index contributed by atoms with van der Waals surface area (Å²) in [6.07, 6.45) is 1.78. The Labute approximate surface area is 198 Å². The monoisotopic (exact) mass is 453 g/mol. The van der Waals surface area contributed by atoms with Gasteiger partial charge in [-0.15, -0.1) is 0 Å². The highest BCUT2D eigenvalue weighted by atomic mass is 16.2. The van der Waals surface area contributed by atoms with Gasteiger partial charge in [-0.25, -0.2) is 4.98 Å². The number of nitrogens with one attached hydrogen (secondary N) is 2. The van der Waals surface area contributed by atoms with Gasteiger partial charge in [0.2, 0.25) is 0 Å². The number of carbonyl (C=O) groups is 2. The number of rotatable bonds is 4. The Hall–Kier alpha value is -4.13. The van der Waals surface area contributed by atoms with Crippen LogP contribution in [0.25, 0.3) is 10.9 Å². The maximum Gasteiger partial charge on any atom is 0.272 e. The first-order valence-electron chi connectivity index (χ1n) is 11.5. The Bertz CT molecular complexity index is 1350. The second-order valence-corrected chi connectivity index (χ2v) is 8.71. The number of aromatic nitrogens is 2. The van der Waals surface area contributed by atoms with E-state index in [2.05, 4.69) is 20.2 Å². The number of fused-ring (bicyclic) bond motifs is 1. The van der Waals surface area contributed by atoms with Crippen LogP contribution < -0.4 is 10.2 Å². The van der Waals surface area contributed by atoms with Gasteiger partial charge in [0.1, 0.15) is 11.5 Å². The van der Waals surface area contributed by atoms with Gasteiger partial charge in [-0.3, -0.25) is 9.59 Å². The minimum Gasteiger partial charge on any atom is -0.353 e. The molecule has 2 aromatic carbocycles. The van der Waals surface area contributed by atoms with Crippen molar-refractivity contribution in [2.75, 3.05) is 36.4 Å². The van der Waals surface area contributed by atoms with Gasteiger partial charge in [0.15, 0.2) is 0 Å². The standard InChI is InChI=1S/C27H27N5O2/c1-18-6-5-7-20(16-18)26(33)30-24-21-17-19(2)9-10-22(21)29-25(24)27(34)32-14-12-31(13-15-32)23-8-3-4-11-28-23/h3-11,16-17,29H,12-15H2,1-2H3,(H,30,33). The first-order valence-corrected chi connectivity index (χ1v) is 11.5. The molecule has 2 amide bonds. The van der Waals surface area contributed by atoms with Crippen LogP contribution in [0.1, 0.15) is 32.0 Å². The van der Waals surface area contributed by atoms with Gasteiger partial charge in [0.05, 0.1) is 5.69 Å². The van der Waals surface area contributed by atoms with Crippen molar-refractivity contribution in [3.63, 3.8) is 0 Å². The van der Waals surface area contributed by atoms with E-state index in [0.717, 1.165) is 27.8 Å². The van der Waals surface area contributed by atoms with E-state index in [1.54, 1.807) is 12.3 Å². The molecule has 3 heterocycles. The SMILES string of the molecule is Cc1cccc(C(=O)Nc2c(C(=O)N3CCN(c4ccccn4)CC3)[nH]c3ccc(C)cc23)c1. The summed E-state index contributed by atoms with van der Waals surface area (Å²) in [5.74, 6) is 0.566. The van der Waals surface area contributed by atoms with E-state index < -0.39 is 0 Å². The van der Waals surface area contributed by atoms with E-state index in [9.17, 15) is 9.59 Å². The first kappa shape index (κ1) is 21.7. The highest BCUT2D eigenvalue weighted by Crippen LogP contribution is 2.30. The van der Waals surface area contributed by atoms with Gasteiger partial charge in [-0.2, -0.15) is 0 Å². The Kier molecular flexibility index (Phi) is 5.76. The molecule has 0 radical (unpaired) electrons. The number of nitrogens with zero attached hydrogens (tertiary/aromatic N) is 3. The summed E-state index contributed by atoms with van der Waals surface area (Å²) in [6.45, 7) is 6.51. The van der Waals surface area contributed by atoms with Crippen LogP contribution in [-0.4, -0.2) is 52.9 Å². The molecule has 0 spiro atoms. The number of hydrogen-bond donors (Lipinski definition) is 2. The lowest BCUT2D eigenvalue weighted by Crippen LogP contribution is -2.49. The molecule has 0 bridgehead atoms. The molecule has 1 fully saturated rings. The molecule has 5 rings (SSSR count). The highest BCUT2D eigenvalue weighted by Gasteiger charge is 2.27. The van der Waals surface area contributed by atoms with Gasteiger partial charge < -0.3 is 20.1 Å². The van der Waals surface area contributed by atoms with Crippen molar-refractivity contribution < 1.29 is 9.59 Å². The molecule has 7 nitrogen and oxygen atoms in total. The number of aromatic amines is 1. The molecule has 4 aromatic rings. The van der Waals surface area contributed by atoms with Gasteiger partial charge in [-0.1, -0.05) is 35.4 Å². The van der Waals surface area contributed by atoms with Crippen molar-refractivity contribution in [1.82, 2.24) is 14.9 Å². The number of pyridine rings is 1. The first-order chi connectivity index (χ1) is 16.5. The van der Waals surface area contributed by atoms with Gasteiger partial charge >= 0.3 is 0 Å². The molecule has 1 aliphatic heterocycles. The fraction of sp³-hybridized carbons (Fsp3) is 0.222. The maximum atomic E-state index is 13.6. The van der Waals surface area contributed by atoms with Crippen LogP contribution in [0.4, 0.5) is 11.5 Å². The molecule has 1 aliphatic rings. The third kappa shape index (κ3) is 4.24. The molecule has 0 saturated carbocycles. The zero-order chi connectivity index (χ0) is 23.7. The summed E-state index contributed by atoms with van der Waals surface area (Å²) in [4.78, 5) is 38.4. The molecular formula is C27H27N5O2. The quantitative estimate of drug-likeness (QED) is 0.480. The third-order valence-corrected chi connectivity index (χ3v) is 6.23. The fourth-order valence-electron chi connectivity index (χ4n) is 4.41. The van der Waals surface area contributed by atoms with Crippen LogP contribution >= 0.6 is 0 Å². The zero-order valence-corrected chi connectivity index (χ0v) is 19.3. The largest absolute Gasteiger partial charge is 0.353 e. The number of benzene rings is 2. The highest BCUT2D eigenvalue weighted by molar-refractivity contribution is 6.15. The van der Waals surface area contributed by atoms with Gasteiger partial charge in [-0.05, 0) is 50.2 Å². The molecule has 1 saturated heterocycles. The van der Waals surface area contributed by atoms with Crippen molar-refractivity contribution in [1.29, 1.82) is 0 Å². The third-order valence-electron chi connectivity index (χ3n) is 6.23. The van der Waals surface area contributed by atoms with Crippen molar-refractivity contribution >= 4 is 34.2 Å². The summed E-state index contributed by atoms with van der Waals surface area (Å²) in [5, 5.41) is 3.85. The number of H-pyrrole nitrogens is 1. The van der Waals surface area contributed by atoms with E-state index in [4.69, 9.17) is 0 Å². The molecule has 7 heteroatoms. The van der Waals surface area contributed by atoms with E-state index in [1.807, 2.05) is 73.3 Å². The second-order valence-electron chi connectivity index (χ2n) is 8.71. The van der Waals surface area contributed by atoms with Gasteiger partial charge in [0.25, 0.3) is 11.8 Å². The van der Waals surface area contributed by atoms with Crippen molar-refractivity contribution in [3.8, 4) is 0 Å². The van der Waals surface area contributed by atoms with E-state index >= 15 is 0 Å². The lowest BCUT2D eigenvalue weighted by molar-refractivity contribution is 0.0742. The maximum absolute atomic E-state index is 13.6. The van der Waals surface area contributed by atoms with Crippen LogP contribution in [0.15, 0.2) is 66.9 Å². The molecule has 0 atom stereocenters. The molecule has 2 N–H and O–H groups in total. The predicted molar refractivity (Wildman–Crippen MR) is 135 cm³/mol. The molecule has 172 valence electrons. The molecule has 0 aliphatic carbocycles. The minimum atomic E-state index is -0.236. The summed E-state index contributed by atoms with van der Waals surface area (Å²) in [6, 6.07) is 19.2. The summed E-state index contributed by atoms with van der Waals surface area (Å²) >= 11 is 0. The summed E-state index contributed by atoms with van der Waals surface area (Å²) < 4.78 is 0. The van der Waals surface area contributed by atoms with Crippen LogP contribution in [0.5, 0.6) is 0 Å². The van der Waals surface area contributed by atoms with E-state index in [1.165, 1.54) is 0 Å². The van der Waals surface area contributed by atoms with Crippen molar-refractivity contribution in [2.24, 2.45) is 0 Å². The Balaban J connectivity index is 1.42. The van der Waals surface area contributed by atoms with Crippen molar-refractivity contribution in [2.45, 2.75) is 13.8 Å². The van der Waals surface area contributed by atoms with Gasteiger partial charge in [0, 0.05) is 48.8 Å². The fourth-order valence-corrected chi connectivity index (χ4v) is 4.41. The van der Waals surface area contributed by atoms with Crippen molar-refractivity contribution in [3.05, 3.63) is 89.2 Å². The average molecular weight is 454 g/mol. The molecule has 2 aromatic heterocycles. The number of anilines is 2. The lowest BCUT2D eigenvalue weighted by Gasteiger charge is -2.35. The molecular weight excluding hydrogens is 426 g/mol. The number of piperazine rings is 1. The van der Waals surface area contributed by atoms with Crippen LogP contribution in [0.3, 0.4) is 0 Å². The minimum absolute atomic E-state index is 0.117. The number of hydrogen-bond acceptors (Lipinski definition) is 4. The topological polar surface area (TPSA) is 81.3 Å². The zero-order valence-electron chi connectivity index (χ0n) is 19.3. The van der Waals surface area contributed by atoms with Crippen LogP contribution in [-0.2, 0) is 0 Å². The number of carbonyl (C=O) groups excluding carboxylic acids is 2. The smallest absolute Gasteiger partial charge is 0.272 e. The molecule has 34 heavy (non-hydrogen) atoms. The number of amides is 2. The Morgan fingerprint density at radius 1 is 0.912 bits per heavy atom. The summed E-state index contributed by atoms with van der Waals surface area (Å²) in [5.41, 5.74) is 4.38. The van der Waals surface area contributed by atoms with Crippen LogP contribution in [0.2, 0.25) is 0 Å². The summed E-state index contributed by atoms with van der Waals surface area (Å²) in [7, 11) is 0. The normalized spacial score (nSPS) is 13.8. The number of aryl methyl sites for hydroxylation is 2. The van der Waals surface area contributed by atoms with E-state index in [0.29, 0.717) is 43.1 Å². The van der Waals surface area contributed by atoms with Crippen LogP contribution in [0, 0.1) is 13.8 Å². The second kappa shape index (κ2) is 9.02. The van der Waals surface area contributed by atoms with E-state index in [-0.39, 0.29) is 11.8 Å². The Morgan fingerprint density at radius 3 is 2.44 bits per heavy atom. The Morgan fingerprint density at radius 2 is 1.71 bits per heavy atom. The predicted octanol–water partition coefficient (Wildman–Crippen LogP) is 4.39. The lowest BCUT2D eigenvalue weighted by atomic mass is 10.1. The molecule has 0 unspecified atom stereocenters.